The lowest BCUT2D eigenvalue weighted by Gasteiger charge is -2.05. The fourth-order valence-corrected chi connectivity index (χ4v) is 1.65. The van der Waals surface area contributed by atoms with Gasteiger partial charge in [-0.2, -0.15) is 0 Å². The lowest BCUT2D eigenvalue weighted by Crippen LogP contribution is -2.08. The molecular weight excluding hydrogens is 212 g/mol. The summed E-state index contributed by atoms with van der Waals surface area (Å²) in [6.45, 7) is 9.89. The van der Waals surface area contributed by atoms with Crippen molar-refractivity contribution in [1.82, 2.24) is 0 Å². The molecule has 1 aromatic rings. The van der Waals surface area contributed by atoms with Gasteiger partial charge in [-0.3, -0.25) is 0 Å². The molecule has 1 aromatic heterocycles. The largest absolute Gasteiger partial charge is 0.427 e. The van der Waals surface area contributed by atoms with Crippen LogP contribution in [-0.2, 0) is 6.42 Å². The van der Waals surface area contributed by atoms with Crippen molar-refractivity contribution in [2.24, 2.45) is 0 Å². The van der Waals surface area contributed by atoms with Crippen molar-refractivity contribution in [2.45, 2.75) is 40.0 Å². The van der Waals surface area contributed by atoms with Crippen molar-refractivity contribution >= 4 is 5.57 Å². The molecule has 0 saturated heterocycles. The van der Waals surface area contributed by atoms with Crippen molar-refractivity contribution in [1.29, 1.82) is 0 Å². The van der Waals surface area contributed by atoms with Crippen LogP contribution in [0.4, 0.5) is 0 Å². The Kier molecular flexibility index (Phi) is 4.95. The molecule has 17 heavy (non-hydrogen) atoms. The summed E-state index contributed by atoms with van der Waals surface area (Å²) in [7, 11) is 0. The van der Waals surface area contributed by atoms with E-state index >= 15 is 0 Å². The highest BCUT2D eigenvalue weighted by atomic mass is 16.4. The molecule has 0 saturated carbocycles. The zero-order chi connectivity index (χ0) is 12.8. The number of allylic oxidation sites excluding steroid dienone is 3. The monoisotopic (exact) mass is 232 g/mol. The van der Waals surface area contributed by atoms with E-state index in [4.69, 9.17) is 4.42 Å². The topological polar surface area (TPSA) is 30.2 Å². The minimum Gasteiger partial charge on any atom is -0.427 e. The van der Waals surface area contributed by atoms with Crippen LogP contribution < -0.4 is 5.63 Å². The van der Waals surface area contributed by atoms with Crippen molar-refractivity contribution < 1.29 is 4.42 Å². The lowest BCUT2D eigenvalue weighted by atomic mass is 10.0. The quantitative estimate of drug-likeness (QED) is 0.721. The average Bonchev–Trinajstić information content (AvgIpc) is 2.29. The van der Waals surface area contributed by atoms with Crippen molar-refractivity contribution in [2.75, 3.05) is 0 Å². The summed E-state index contributed by atoms with van der Waals surface area (Å²) >= 11 is 0. The Morgan fingerprint density at radius 3 is 2.76 bits per heavy atom. The lowest BCUT2D eigenvalue weighted by molar-refractivity contribution is 0.471. The predicted molar refractivity (Wildman–Crippen MR) is 72.2 cm³/mol. The molecule has 0 fully saturated rings. The molecular formula is C15H20O2. The molecule has 1 heterocycles. The Morgan fingerprint density at radius 1 is 1.47 bits per heavy atom. The van der Waals surface area contributed by atoms with Crippen LogP contribution >= 0.6 is 0 Å². The van der Waals surface area contributed by atoms with Gasteiger partial charge in [0.05, 0.1) is 5.56 Å². The SMILES string of the molecule is C=C(/C=C\CCC)c1cc(CC)c(C)oc1=O. The molecule has 0 aliphatic carbocycles. The van der Waals surface area contributed by atoms with Crippen LogP contribution in [0.15, 0.2) is 34.0 Å². The van der Waals surface area contributed by atoms with Crippen LogP contribution in [-0.4, -0.2) is 0 Å². The van der Waals surface area contributed by atoms with Crippen molar-refractivity contribution in [3.05, 3.63) is 52.1 Å². The fraction of sp³-hybridized carbons (Fsp3) is 0.400. The van der Waals surface area contributed by atoms with Crippen LogP contribution in [0, 0.1) is 6.92 Å². The van der Waals surface area contributed by atoms with Gasteiger partial charge < -0.3 is 4.42 Å². The molecule has 0 amide bonds. The number of rotatable bonds is 5. The Labute approximate surface area is 103 Å². The minimum absolute atomic E-state index is 0.300. The number of hydrogen-bond acceptors (Lipinski definition) is 2. The second-order valence-electron chi connectivity index (χ2n) is 4.10. The normalized spacial score (nSPS) is 11.0. The van der Waals surface area contributed by atoms with E-state index < -0.39 is 0 Å². The fourth-order valence-electron chi connectivity index (χ4n) is 1.65. The minimum atomic E-state index is -0.300. The van der Waals surface area contributed by atoms with E-state index in [1.807, 2.05) is 32.1 Å². The van der Waals surface area contributed by atoms with Crippen LogP contribution in [0.5, 0.6) is 0 Å². The smallest absolute Gasteiger partial charge is 0.343 e. The van der Waals surface area contributed by atoms with Crippen molar-refractivity contribution in [3.8, 4) is 0 Å². The maximum Gasteiger partial charge on any atom is 0.343 e. The van der Waals surface area contributed by atoms with Gasteiger partial charge in [-0.05, 0) is 37.0 Å². The predicted octanol–water partition coefficient (Wildman–Crippen LogP) is 3.88. The highest BCUT2D eigenvalue weighted by molar-refractivity contribution is 5.71. The van der Waals surface area contributed by atoms with Gasteiger partial charge in [0.1, 0.15) is 5.76 Å². The average molecular weight is 232 g/mol. The maximum absolute atomic E-state index is 11.7. The highest BCUT2D eigenvalue weighted by Gasteiger charge is 2.08. The van der Waals surface area contributed by atoms with Gasteiger partial charge in [-0.25, -0.2) is 4.79 Å². The zero-order valence-electron chi connectivity index (χ0n) is 10.9. The number of unbranched alkanes of at least 4 members (excludes halogenated alkanes) is 1. The molecule has 0 N–H and O–H groups in total. The van der Waals surface area contributed by atoms with Crippen molar-refractivity contribution in [3.63, 3.8) is 0 Å². The third-order valence-corrected chi connectivity index (χ3v) is 2.74. The first-order valence-corrected chi connectivity index (χ1v) is 6.09. The summed E-state index contributed by atoms with van der Waals surface area (Å²) in [6, 6.07) is 1.89. The molecule has 1 rings (SSSR count). The van der Waals surface area contributed by atoms with Gasteiger partial charge in [-0.15, -0.1) is 0 Å². The molecule has 0 aliphatic rings. The second kappa shape index (κ2) is 6.24. The number of aryl methyl sites for hydroxylation is 2. The summed E-state index contributed by atoms with van der Waals surface area (Å²) in [5.41, 5.74) is 2.05. The Balaban J connectivity index is 3.05. The zero-order valence-corrected chi connectivity index (χ0v) is 10.9. The van der Waals surface area contributed by atoms with Gasteiger partial charge >= 0.3 is 5.63 Å². The molecule has 2 heteroatoms. The van der Waals surface area contributed by atoms with Gasteiger partial charge in [0.25, 0.3) is 0 Å². The van der Waals surface area contributed by atoms with Crippen LogP contribution in [0.3, 0.4) is 0 Å². The molecule has 2 nitrogen and oxygen atoms in total. The van der Waals surface area contributed by atoms with E-state index in [9.17, 15) is 4.79 Å². The molecule has 0 bridgehead atoms. The second-order valence-corrected chi connectivity index (χ2v) is 4.10. The van der Waals surface area contributed by atoms with Crippen LogP contribution in [0.1, 0.15) is 43.6 Å². The van der Waals surface area contributed by atoms with E-state index in [1.54, 1.807) is 0 Å². The van der Waals surface area contributed by atoms with E-state index in [2.05, 4.69) is 13.5 Å². The summed E-state index contributed by atoms with van der Waals surface area (Å²) in [6.07, 6.45) is 6.87. The molecule has 0 radical (unpaired) electrons. The maximum atomic E-state index is 11.7. The Hall–Kier alpha value is -1.57. The van der Waals surface area contributed by atoms with E-state index in [0.29, 0.717) is 11.3 Å². The highest BCUT2D eigenvalue weighted by Crippen LogP contribution is 2.15. The van der Waals surface area contributed by atoms with Gasteiger partial charge in [0.2, 0.25) is 0 Å². The first-order valence-electron chi connectivity index (χ1n) is 6.09. The Bertz CT molecular complexity index is 478. The summed E-state index contributed by atoms with van der Waals surface area (Å²) in [5.74, 6) is 0.701. The summed E-state index contributed by atoms with van der Waals surface area (Å²) in [4.78, 5) is 11.7. The molecule has 0 aliphatic heterocycles. The first kappa shape index (κ1) is 13.5. The van der Waals surface area contributed by atoms with Crippen LogP contribution in [0.2, 0.25) is 0 Å². The third-order valence-electron chi connectivity index (χ3n) is 2.74. The molecule has 92 valence electrons. The van der Waals surface area contributed by atoms with E-state index in [-0.39, 0.29) is 5.63 Å². The van der Waals surface area contributed by atoms with Gasteiger partial charge in [0.15, 0.2) is 0 Å². The third kappa shape index (κ3) is 3.45. The van der Waals surface area contributed by atoms with E-state index in [0.717, 1.165) is 30.4 Å². The van der Waals surface area contributed by atoms with Crippen LogP contribution in [0.25, 0.3) is 5.57 Å². The molecule has 0 aromatic carbocycles. The number of hydrogen-bond donors (Lipinski definition) is 0. The standard InChI is InChI=1S/C15H20O2/c1-5-7-8-9-11(3)14-10-13(6-2)12(4)17-15(14)16/h8-10H,3,5-7H2,1-2,4H3/b9-8-. The van der Waals surface area contributed by atoms with E-state index in [1.165, 1.54) is 0 Å². The molecule has 0 unspecified atom stereocenters. The van der Waals surface area contributed by atoms with Gasteiger partial charge in [-0.1, -0.05) is 39.0 Å². The summed E-state index contributed by atoms with van der Waals surface area (Å²) < 4.78 is 5.21. The molecule has 0 spiro atoms. The summed E-state index contributed by atoms with van der Waals surface area (Å²) in [5, 5.41) is 0. The first-order chi connectivity index (χ1) is 8.10. The van der Waals surface area contributed by atoms with Gasteiger partial charge in [0, 0.05) is 0 Å². The Morgan fingerprint density at radius 2 is 2.18 bits per heavy atom. The molecule has 0 atom stereocenters.